The molecule has 0 radical (unpaired) electrons. The summed E-state index contributed by atoms with van der Waals surface area (Å²) in [4.78, 5) is 10.3. The molecule has 16 heavy (non-hydrogen) atoms. The zero-order valence-corrected chi connectivity index (χ0v) is 9.23. The molecule has 1 aromatic carbocycles. The second-order valence-electron chi connectivity index (χ2n) is 3.63. The third kappa shape index (κ3) is 4.75. The van der Waals surface area contributed by atoms with Gasteiger partial charge in [-0.2, -0.15) is 0 Å². The van der Waals surface area contributed by atoms with Crippen LogP contribution < -0.4 is 5.73 Å². The number of benzene rings is 1. The van der Waals surface area contributed by atoms with Crippen LogP contribution in [0.1, 0.15) is 24.0 Å². The van der Waals surface area contributed by atoms with E-state index in [0.717, 1.165) is 12.0 Å². The number of carboxylic acids is 1. The summed E-state index contributed by atoms with van der Waals surface area (Å²) in [5.41, 5.74) is 7.65. The molecule has 3 nitrogen and oxygen atoms in total. The van der Waals surface area contributed by atoms with E-state index in [1.54, 1.807) is 0 Å². The highest BCUT2D eigenvalue weighted by Gasteiger charge is 1.97. The average Bonchev–Trinajstić information content (AvgIpc) is 2.27. The summed E-state index contributed by atoms with van der Waals surface area (Å²) in [7, 11) is 0. The summed E-state index contributed by atoms with van der Waals surface area (Å²) < 4.78 is 0. The fourth-order valence-electron chi connectivity index (χ4n) is 1.44. The van der Waals surface area contributed by atoms with Crippen LogP contribution in [0.15, 0.2) is 30.3 Å². The van der Waals surface area contributed by atoms with Crippen LogP contribution in [0, 0.1) is 0 Å². The van der Waals surface area contributed by atoms with E-state index < -0.39 is 5.97 Å². The second-order valence-corrected chi connectivity index (χ2v) is 3.63. The molecule has 1 rings (SSSR count). The van der Waals surface area contributed by atoms with Crippen molar-refractivity contribution in [3.8, 4) is 0 Å². The Kier molecular flexibility index (Phi) is 5.29. The largest absolute Gasteiger partial charge is 0.481 e. The van der Waals surface area contributed by atoms with Crippen molar-refractivity contribution >= 4 is 12.0 Å². The van der Waals surface area contributed by atoms with Crippen LogP contribution in [0.5, 0.6) is 0 Å². The molecule has 0 fully saturated rings. The molecule has 1 aromatic rings. The lowest BCUT2D eigenvalue weighted by molar-refractivity contribution is -0.137. The highest BCUT2D eigenvalue weighted by atomic mass is 16.4. The molecular weight excluding hydrogens is 202 g/mol. The lowest BCUT2D eigenvalue weighted by Gasteiger charge is -2.00. The Morgan fingerprint density at radius 3 is 2.56 bits per heavy atom. The molecular formula is C13H17NO2. The van der Waals surface area contributed by atoms with Crippen LogP contribution in [0.2, 0.25) is 0 Å². The minimum atomic E-state index is -0.734. The fraction of sp³-hybridized carbons (Fsp3) is 0.308. The van der Waals surface area contributed by atoms with Crippen molar-refractivity contribution in [1.82, 2.24) is 0 Å². The predicted octanol–water partition coefficient (Wildman–Crippen LogP) is 2.07. The summed E-state index contributed by atoms with van der Waals surface area (Å²) in [5, 5.41) is 8.51. The Morgan fingerprint density at radius 2 is 2.00 bits per heavy atom. The number of aryl methyl sites for hydroxylation is 1. The molecule has 0 atom stereocenters. The molecule has 0 amide bonds. The summed E-state index contributed by atoms with van der Waals surface area (Å²) >= 11 is 0. The minimum Gasteiger partial charge on any atom is -0.481 e. The Balaban J connectivity index is 2.45. The average molecular weight is 219 g/mol. The fourth-order valence-corrected chi connectivity index (χ4v) is 1.44. The van der Waals surface area contributed by atoms with E-state index in [1.807, 2.05) is 36.4 Å². The van der Waals surface area contributed by atoms with E-state index in [9.17, 15) is 4.79 Å². The molecule has 0 bridgehead atoms. The zero-order chi connectivity index (χ0) is 11.8. The van der Waals surface area contributed by atoms with Gasteiger partial charge in [0.15, 0.2) is 0 Å². The molecule has 0 aliphatic carbocycles. The van der Waals surface area contributed by atoms with E-state index in [2.05, 4.69) is 0 Å². The maximum absolute atomic E-state index is 10.3. The Labute approximate surface area is 95.6 Å². The van der Waals surface area contributed by atoms with E-state index in [0.29, 0.717) is 13.0 Å². The topological polar surface area (TPSA) is 63.3 Å². The first-order chi connectivity index (χ1) is 7.72. The first-order valence-corrected chi connectivity index (χ1v) is 5.39. The molecule has 0 spiro atoms. The highest BCUT2D eigenvalue weighted by Crippen LogP contribution is 2.09. The number of carboxylic acid groups (broad SMARTS) is 1. The first kappa shape index (κ1) is 12.5. The van der Waals surface area contributed by atoms with Gasteiger partial charge < -0.3 is 10.8 Å². The van der Waals surface area contributed by atoms with E-state index in [-0.39, 0.29) is 6.42 Å². The van der Waals surface area contributed by atoms with Crippen molar-refractivity contribution in [1.29, 1.82) is 0 Å². The number of nitrogens with two attached hydrogens (primary N) is 1. The normalized spacial score (nSPS) is 10.8. The molecule has 0 heterocycles. The van der Waals surface area contributed by atoms with Gasteiger partial charge in [0.1, 0.15) is 0 Å². The summed E-state index contributed by atoms with van der Waals surface area (Å²) in [6.07, 6.45) is 5.61. The van der Waals surface area contributed by atoms with Crippen LogP contribution in [-0.2, 0) is 11.2 Å². The SMILES string of the molecule is NCC=Cc1ccc(CCCC(=O)O)cc1. The second kappa shape index (κ2) is 6.80. The van der Waals surface area contributed by atoms with Crippen LogP contribution in [0.25, 0.3) is 6.08 Å². The van der Waals surface area contributed by atoms with Gasteiger partial charge in [0.05, 0.1) is 0 Å². The van der Waals surface area contributed by atoms with Crippen molar-refractivity contribution in [3.05, 3.63) is 41.5 Å². The van der Waals surface area contributed by atoms with Gasteiger partial charge in [-0.05, 0) is 24.0 Å². The molecule has 86 valence electrons. The standard InChI is InChI=1S/C13H17NO2/c14-10-2-4-12-8-6-11(7-9-12)3-1-5-13(15)16/h2,4,6-9H,1,3,5,10,14H2,(H,15,16). The molecule has 0 saturated carbocycles. The van der Waals surface area contributed by atoms with Crippen molar-refractivity contribution in [2.24, 2.45) is 5.73 Å². The van der Waals surface area contributed by atoms with Crippen LogP contribution in [0.4, 0.5) is 0 Å². The molecule has 0 aliphatic heterocycles. The Morgan fingerprint density at radius 1 is 1.31 bits per heavy atom. The van der Waals surface area contributed by atoms with Crippen LogP contribution in [0.3, 0.4) is 0 Å². The van der Waals surface area contributed by atoms with Gasteiger partial charge in [0, 0.05) is 13.0 Å². The Bertz CT molecular complexity index is 355. The van der Waals surface area contributed by atoms with Crippen molar-refractivity contribution < 1.29 is 9.90 Å². The van der Waals surface area contributed by atoms with Crippen LogP contribution >= 0.6 is 0 Å². The van der Waals surface area contributed by atoms with Gasteiger partial charge >= 0.3 is 5.97 Å². The molecule has 0 aromatic heterocycles. The molecule has 0 unspecified atom stereocenters. The lowest BCUT2D eigenvalue weighted by atomic mass is 10.1. The van der Waals surface area contributed by atoms with Crippen LogP contribution in [-0.4, -0.2) is 17.6 Å². The third-order valence-electron chi connectivity index (χ3n) is 2.28. The molecule has 3 heteroatoms. The quantitative estimate of drug-likeness (QED) is 0.769. The highest BCUT2D eigenvalue weighted by molar-refractivity contribution is 5.66. The van der Waals surface area contributed by atoms with Gasteiger partial charge in [-0.1, -0.05) is 36.4 Å². The first-order valence-electron chi connectivity index (χ1n) is 5.39. The van der Waals surface area contributed by atoms with Crippen molar-refractivity contribution in [2.75, 3.05) is 6.54 Å². The van der Waals surface area contributed by atoms with Gasteiger partial charge in [-0.25, -0.2) is 0 Å². The molecule has 3 N–H and O–H groups in total. The van der Waals surface area contributed by atoms with Gasteiger partial charge in [0.25, 0.3) is 0 Å². The summed E-state index contributed by atoms with van der Waals surface area (Å²) in [6, 6.07) is 8.08. The van der Waals surface area contributed by atoms with Gasteiger partial charge in [-0.15, -0.1) is 0 Å². The van der Waals surface area contributed by atoms with Crippen molar-refractivity contribution in [2.45, 2.75) is 19.3 Å². The number of carbonyl (C=O) groups is 1. The zero-order valence-electron chi connectivity index (χ0n) is 9.23. The van der Waals surface area contributed by atoms with Gasteiger partial charge in [0.2, 0.25) is 0 Å². The predicted molar refractivity (Wildman–Crippen MR) is 65.1 cm³/mol. The lowest BCUT2D eigenvalue weighted by Crippen LogP contribution is -1.95. The van der Waals surface area contributed by atoms with E-state index in [4.69, 9.17) is 10.8 Å². The molecule has 0 aliphatic rings. The van der Waals surface area contributed by atoms with Crippen molar-refractivity contribution in [3.63, 3.8) is 0 Å². The number of rotatable bonds is 6. The monoisotopic (exact) mass is 219 g/mol. The van der Waals surface area contributed by atoms with E-state index >= 15 is 0 Å². The smallest absolute Gasteiger partial charge is 0.303 e. The minimum absolute atomic E-state index is 0.231. The number of hydrogen-bond donors (Lipinski definition) is 2. The number of hydrogen-bond acceptors (Lipinski definition) is 2. The third-order valence-corrected chi connectivity index (χ3v) is 2.28. The summed E-state index contributed by atoms with van der Waals surface area (Å²) in [6.45, 7) is 0.542. The number of aliphatic carboxylic acids is 1. The summed E-state index contributed by atoms with van der Waals surface area (Å²) in [5.74, 6) is -0.734. The maximum Gasteiger partial charge on any atom is 0.303 e. The molecule has 0 saturated heterocycles. The maximum atomic E-state index is 10.3. The van der Waals surface area contributed by atoms with E-state index in [1.165, 1.54) is 5.56 Å². The van der Waals surface area contributed by atoms with Gasteiger partial charge in [-0.3, -0.25) is 4.79 Å². The Hall–Kier alpha value is -1.61.